The molecule has 156 valence electrons. The van der Waals surface area contributed by atoms with E-state index < -0.39 is 16.1 Å². The number of benzene rings is 1. The largest absolute Gasteiger partial charge is 0.312 e. The maximum Gasteiger partial charge on any atom is 0.245 e. The maximum atomic E-state index is 12.8. The zero-order chi connectivity index (χ0) is 19.7. The minimum Gasteiger partial charge on any atom is -0.312 e. The van der Waals surface area contributed by atoms with Crippen LogP contribution in [0.3, 0.4) is 0 Å². The number of hydrogen-bond acceptors (Lipinski definition) is 5. The van der Waals surface area contributed by atoms with Gasteiger partial charge in [0.2, 0.25) is 15.9 Å². The first-order valence-corrected chi connectivity index (χ1v) is 11.7. The Balaban J connectivity index is 0.00000240. The maximum absolute atomic E-state index is 12.8. The number of rotatable bonds is 5. The minimum absolute atomic E-state index is 0. The predicted molar refractivity (Wildman–Crippen MR) is 120 cm³/mol. The van der Waals surface area contributed by atoms with Crippen LogP contribution in [-0.2, 0) is 27.8 Å². The van der Waals surface area contributed by atoms with E-state index in [0.717, 1.165) is 35.5 Å². The monoisotopic (exact) mass is 473 g/mol. The molecule has 0 aliphatic carbocycles. The Bertz CT molecular complexity index is 1040. The molecule has 1 aromatic carbocycles. The molecule has 1 saturated heterocycles. The van der Waals surface area contributed by atoms with Gasteiger partial charge in [-0.3, -0.25) is 4.79 Å². The van der Waals surface area contributed by atoms with Gasteiger partial charge in [-0.1, -0.05) is 17.7 Å². The molecule has 2 aliphatic rings. The Labute approximate surface area is 185 Å². The van der Waals surface area contributed by atoms with E-state index in [0.29, 0.717) is 17.3 Å². The fourth-order valence-corrected chi connectivity index (χ4v) is 5.56. The molecule has 2 N–H and O–H groups in total. The topological polar surface area (TPSA) is 78.5 Å². The van der Waals surface area contributed by atoms with E-state index in [1.54, 1.807) is 17.0 Å². The molecule has 3 heterocycles. The Morgan fingerprint density at radius 1 is 1.24 bits per heavy atom. The van der Waals surface area contributed by atoms with E-state index in [-0.39, 0.29) is 18.3 Å². The molecule has 1 atom stereocenters. The van der Waals surface area contributed by atoms with Gasteiger partial charge in [-0.15, -0.1) is 23.7 Å². The molecule has 2 aromatic rings. The highest BCUT2D eigenvalue weighted by Gasteiger charge is 2.35. The quantitative estimate of drug-likeness (QED) is 0.698. The molecule has 29 heavy (non-hydrogen) atoms. The van der Waals surface area contributed by atoms with Gasteiger partial charge in [0.15, 0.2) is 0 Å². The van der Waals surface area contributed by atoms with Crippen molar-refractivity contribution in [2.24, 2.45) is 0 Å². The molecular weight excluding hydrogens is 453 g/mol. The number of halogens is 2. The van der Waals surface area contributed by atoms with Gasteiger partial charge in [0, 0.05) is 29.1 Å². The average molecular weight is 474 g/mol. The van der Waals surface area contributed by atoms with Crippen molar-refractivity contribution in [2.75, 3.05) is 18.0 Å². The van der Waals surface area contributed by atoms with Crippen LogP contribution < -0.4 is 14.9 Å². The highest BCUT2D eigenvalue weighted by Crippen LogP contribution is 2.27. The zero-order valence-corrected chi connectivity index (χ0v) is 18.6. The van der Waals surface area contributed by atoms with Gasteiger partial charge < -0.3 is 10.2 Å². The molecule has 1 amide bonds. The Morgan fingerprint density at radius 2 is 2.07 bits per heavy atom. The first-order chi connectivity index (χ1) is 13.4. The van der Waals surface area contributed by atoms with E-state index in [9.17, 15) is 13.2 Å². The number of thiophene rings is 1. The van der Waals surface area contributed by atoms with Crippen molar-refractivity contribution in [3.05, 3.63) is 56.1 Å². The first kappa shape index (κ1) is 22.3. The molecule has 10 heteroatoms. The van der Waals surface area contributed by atoms with Crippen LogP contribution in [0.2, 0.25) is 4.34 Å². The van der Waals surface area contributed by atoms with E-state index in [1.807, 2.05) is 18.2 Å². The molecule has 6 nitrogen and oxygen atoms in total. The fourth-order valence-electron chi connectivity index (χ4n) is 3.49. The molecule has 0 spiro atoms. The van der Waals surface area contributed by atoms with Crippen LogP contribution in [-0.4, -0.2) is 33.5 Å². The minimum atomic E-state index is -3.73. The summed E-state index contributed by atoms with van der Waals surface area (Å²) in [5.41, 5.74) is 3.32. The average Bonchev–Trinajstić information content (AvgIpc) is 3.25. The van der Waals surface area contributed by atoms with Crippen LogP contribution in [0.4, 0.5) is 5.69 Å². The highest BCUT2D eigenvalue weighted by molar-refractivity contribution is 7.92. The van der Waals surface area contributed by atoms with Crippen LogP contribution in [0.15, 0.2) is 35.7 Å². The smallest absolute Gasteiger partial charge is 0.245 e. The number of sulfonamides is 1. The van der Waals surface area contributed by atoms with Crippen molar-refractivity contribution < 1.29 is 13.2 Å². The van der Waals surface area contributed by atoms with E-state index >= 15 is 0 Å². The number of fused-ring (bicyclic) bond motifs is 1. The molecule has 1 aromatic heterocycles. The summed E-state index contributed by atoms with van der Waals surface area (Å²) in [4.78, 5) is 15.2. The Hall–Kier alpha value is -1.42. The van der Waals surface area contributed by atoms with Gasteiger partial charge in [0.25, 0.3) is 0 Å². The van der Waals surface area contributed by atoms with Crippen molar-refractivity contribution in [2.45, 2.75) is 25.4 Å². The second kappa shape index (κ2) is 9.16. The molecule has 0 saturated carbocycles. The van der Waals surface area contributed by atoms with Crippen LogP contribution in [0.1, 0.15) is 22.4 Å². The molecule has 0 radical (unpaired) electrons. The first-order valence-electron chi connectivity index (χ1n) is 9.01. The summed E-state index contributed by atoms with van der Waals surface area (Å²) in [7, 11) is -3.73. The summed E-state index contributed by atoms with van der Waals surface area (Å²) in [6.45, 7) is 2.26. The van der Waals surface area contributed by atoms with Crippen molar-refractivity contribution in [3.63, 3.8) is 0 Å². The summed E-state index contributed by atoms with van der Waals surface area (Å²) in [6.07, 6.45) is 2.85. The third kappa shape index (κ3) is 5.20. The van der Waals surface area contributed by atoms with E-state index in [4.69, 9.17) is 11.6 Å². The van der Waals surface area contributed by atoms with E-state index in [1.165, 1.54) is 28.5 Å². The van der Waals surface area contributed by atoms with Crippen molar-refractivity contribution >= 4 is 63.0 Å². The molecule has 2 aliphatic heterocycles. The molecule has 1 fully saturated rings. The van der Waals surface area contributed by atoms with Crippen LogP contribution in [0.5, 0.6) is 0 Å². The summed E-state index contributed by atoms with van der Waals surface area (Å²) in [5.74, 6) is -0.218. The molecule has 0 bridgehead atoms. The summed E-state index contributed by atoms with van der Waals surface area (Å²) >= 11 is 7.14. The van der Waals surface area contributed by atoms with Gasteiger partial charge in [0.05, 0.1) is 4.34 Å². The Morgan fingerprint density at radius 3 is 2.83 bits per heavy atom. The van der Waals surface area contributed by atoms with E-state index in [2.05, 4.69) is 10.0 Å². The van der Waals surface area contributed by atoms with Crippen LogP contribution in [0, 0.1) is 0 Å². The lowest BCUT2D eigenvalue weighted by atomic mass is 10.0. The Kier molecular flexibility index (Phi) is 7.03. The predicted octanol–water partition coefficient (Wildman–Crippen LogP) is 3.16. The van der Waals surface area contributed by atoms with Crippen molar-refractivity contribution in [3.8, 4) is 0 Å². The lowest BCUT2D eigenvalue weighted by Gasteiger charge is -2.22. The zero-order valence-electron chi connectivity index (χ0n) is 15.4. The van der Waals surface area contributed by atoms with Crippen LogP contribution in [0.25, 0.3) is 6.08 Å². The fraction of sp³-hybridized carbons (Fsp3) is 0.316. The standard InChI is InChI=1S/C19H20ClN3O3S2.ClH/c20-18-4-3-16(27-18)7-10-28(25,26)22-17-6-9-23(19(17)24)15-2-1-14-12-21-8-5-13(14)11-15;/h1-4,7,10-11,17,21-22H,5-6,8-9,12H2;1H/b10-7+;/t17-;/m0./s1. The number of carbonyl (C=O) groups is 1. The van der Waals surface area contributed by atoms with Gasteiger partial charge in [0.1, 0.15) is 6.04 Å². The second-order valence-corrected chi connectivity index (χ2v) is 10.2. The second-order valence-electron chi connectivity index (χ2n) is 6.82. The number of carbonyl (C=O) groups excluding carboxylic acids is 1. The molecular formula is C19H21Cl2N3O3S2. The number of amides is 1. The summed E-state index contributed by atoms with van der Waals surface area (Å²) in [5, 5.41) is 4.41. The van der Waals surface area contributed by atoms with Crippen LogP contribution >= 0.6 is 35.3 Å². The van der Waals surface area contributed by atoms with Gasteiger partial charge in [-0.2, -0.15) is 4.72 Å². The number of hydrogen-bond donors (Lipinski definition) is 2. The SMILES string of the molecule is Cl.O=C1[C@@H](NS(=O)(=O)/C=C/c2ccc(Cl)s2)CCN1c1ccc2c(c1)CCNC2. The van der Waals surface area contributed by atoms with Gasteiger partial charge >= 0.3 is 0 Å². The summed E-state index contributed by atoms with van der Waals surface area (Å²) < 4.78 is 27.8. The number of anilines is 1. The van der Waals surface area contributed by atoms with Gasteiger partial charge in [-0.25, -0.2) is 8.42 Å². The van der Waals surface area contributed by atoms with Crippen molar-refractivity contribution in [1.29, 1.82) is 0 Å². The molecule has 4 rings (SSSR count). The summed E-state index contributed by atoms with van der Waals surface area (Å²) in [6, 6.07) is 8.72. The lowest BCUT2D eigenvalue weighted by molar-refractivity contribution is -0.118. The van der Waals surface area contributed by atoms with Gasteiger partial charge in [-0.05, 0) is 60.9 Å². The highest BCUT2D eigenvalue weighted by atomic mass is 35.5. The number of nitrogens with zero attached hydrogens (tertiary/aromatic N) is 1. The van der Waals surface area contributed by atoms with Crippen molar-refractivity contribution in [1.82, 2.24) is 10.0 Å². The molecule has 0 unspecified atom stereocenters. The number of nitrogens with one attached hydrogen (secondary N) is 2. The normalized spacial score (nSPS) is 19.4. The third-order valence-electron chi connectivity index (χ3n) is 4.91. The lowest BCUT2D eigenvalue weighted by Crippen LogP contribution is -2.40. The third-order valence-corrected chi connectivity index (χ3v) is 7.21.